The fourth-order valence-electron chi connectivity index (χ4n) is 2.94. The van der Waals surface area contributed by atoms with E-state index in [1.807, 2.05) is 51.1 Å². The zero-order valence-electron chi connectivity index (χ0n) is 15.5. The highest BCUT2D eigenvalue weighted by Crippen LogP contribution is 2.15. The second kappa shape index (κ2) is 7.94. The number of aryl methyl sites for hydroxylation is 2. The van der Waals surface area contributed by atoms with Crippen LogP contribution in [0.4, 0.5) is 5.69 Å². The lowest BCUT2D eigenvalue weighted by Gasteiger charge is -2.20. The molecule has 0 atom stereocenters. The number of para-hydroxylation sites is 1. The smallest absolute Gasteiger partial charge is 0.310 e. The minimum absolute atomic E-state index is 0.0191. The van der Waals surface area contributed by atoms with Crippen LogP contribution in [0.1, 0.15) is 23.9 Å². The second-order valence-corrected chi connectivity index (χ2v) is 6.04. The molecule has 8 nitrogen and oxygen atoms in total. The van der Waals surface area contributed by atoms with Crippen molar-refractivity contribution in [2.24, 2.45) is 0 Å². The van der Waals surface area contributed by atoms with Crippen LogP contribution < -0.4 is 4.90 Å². The molecular weight excluding hydrogens is 346 g/mol. The van der Waals surface area contributed by atoms with Gasteiger partial charge in [-0.3, -0.25) is 9.59 Å². The van der Waals surface area contributed by atoms with E-state index in [2.05, 4.69) is 15.1 Å². The van der Waals surface area contributed by atoms with E-state index in [1.165, 1.54) is 6.33 Å². The Morgan fingerprint density at radius 2 is 1.93 bits per heavy atom. The number of anilines is 1. The summed E-state index contributed by atoms with van der Waals surface area (Å²) >= 11 is 0. The Morgan fingerprint density at radius 3 is 2.63 bits per heavy atom. The van der Waals surface area contributed by atoms with E-state index < -0.39 is 5.97 Å². The van der Waals surface area contributed by atoms with Crippen molar-refractivity contribution >= 4 is 23.3 Å². The third-order valence-corrected chi connectivity index (χ3v) is 4.35. The lowest BCUT2D eigenvalue weighted by molar-refractivity contribution is -0.147. The summed E-state index contributed by atoms with van der Waals surface area (Å²) in [6.07, 6.45) is 1.43. The predicted octanol–water partition coefficient (Wildman–Crippen LogP) is 1.88. The van der Waals surface area contributed by atoms with Gasteiger partial charge in [-0.15, -0.1) is 0 Å². The topological polar surface area (TPSA) is 89.7 Å². The quantitative estimate of drug-likeness (QED) is 0.618. The number of carbonyl (C=O) groups is 2. The first kappa shape index (κ1) is 18.5. The molecule has 0 radical (unpaired) electrons. The Hall–Kier alpha value is -3.29. The van der Waals surface area contributed by atoms with E-state index in [0.717, 1.165) is 16.9 Å². The number of hydrogen-bond donors (Lipinski definition) is 0. The zero-order chi connectivity index (χ0) is 19.4. The monoisotopic (exact) mass is 367 g/mol. The fraction of sp³-hybridized carbons (Fsp3) is 0.316. The van der Waals surface area contributed by atoms with Crippen LogP contribution in [0.25, 0.3) is 5.78 Å². The molecule has 0 unspecified atom stereocenters. The molecule has 0 bridgehead atoms. The van der Waals surface area contributed by atoms with Crippen molar-refractivity contribution in [3.05, 3.63) is 53.6 Å². The van der Waals surface area contributed by atoms with Gasteiger partial charge in [0, 0.05) is 29.2 Å². The molecule has 3 aromatic rings. The minimum Gasteiger partial charge on any atom is -0.455 e. The number of carbonyl (C=O) groups excluding carboxylic acids is 2. The lowest BCUT2D eigenvalue weighted by atomic mass is 10.1. The molecule has 0 aliphatic rings. The van der Waals surface area contributed by atoms with Crippen LogP contribution in [0.2, 0.25) is 0 Å². The number of likely N-dealkylation sites (N-methyl/N-ethyl adjacent to an activating group) is 1. The molecule has 2 heterocycles. The van der Waals surface area contributed by atoms with Crippen molar-refractivity contribution in [3.8, 4) is 0 Å². The van der Waals surface area contributed by atoms with Gasteiger partial charge in [0.15, 0.2) is 6.61 Å². The summed E-state index contributed by atoms with van der Waals surface area (Å²) < 4.78 is 6.79. The average Bonchev–Trinajstić information content (AvgIpc) is 3.13. The molecule has 0 fully saturated rings. The Balaban J connectivity index is 1.65. The highest BCUT2D eigenvalue weighted by Gasteiger charge is 2.18. The van der Waals surface area contributed by atoms with Gasteiger partial charge in [0.25, 0.3) is 11.7 Å². The lowest BCUT2D eigenvalue weighted by Crippen LogP contribution is -2.34. The van der Waals surface area contributed by atoms with E-state index in [0.29, 0.717) is 18.0 Å². The van der Waals surface area contributed by atoms with Crippen molar-refractivity contribution in [2.75, 3.05) is 18.1 Å². The average molecular weight is 367 g/mol. The Morgan fingerprint density at radius 1 is 1.19 bits per heavy atom. The SMILES string of the molecule is CCN(C(=O)COC(=O)Cc1c(C)nc2ncnn2c1C)c1ccccc1. The highest BCUT2D eigenvalue weighted by atomic mass is 16.5. The fourth-order valence-corrected chi connectivity index (χ4v) is 2.94. The van der Waals surface area contributed by atoms with Crippen LogP contribution in [0.3, 0.4) is 0 Å². The summed E-state index contributed by atoms with van der Waals surface area (Å²) in [6.45, 7) is 5.71. The number of nitrogens with zero attached hydrogens (tertiary/aromatic N) is 5. The van der Waals surface area contributed by atoms with E-state index in [-0.39, 0.29) is 18.9 Å². The Bertz CT molecular complexity index is 968. The minimum atomic E-state index is -0.486. The van der Waals surface area contributed by atoms with E-state index in [9.17, 15) is 9.59 Å². The van der Waals surface area contributed by atoms with E-state index >= 15 is 0 Å². The van der Waals surface area contributed by atoms with Gasteiger partial charge in [-0.25, -0.2) is 9.50 Å². The normalized spacial score (nSPS) is 10.8. The number of hydrogen-bond acceptors (Lipinski definition) is 6. The first-order valence-electron chi connectivity index (χ1n) is 8.68. The molecule has 27 heavy (non-hydrogen) atoms. The third-order valence-electron chi connectivity index (χ3n) is 4.35. The molecule has 0 N–H and O–H groups in total. The maximum absolute atomic E-state index is 12.4. The predicted molar refractivity (Wildman–Crippen MR) is 99.4 cm³/mol. The van der Waals surface area contributed by atoms with Gasteiger partial charge in [0.05, 0.1) is 6.42 Å². The first-order valence-corrected chi connectivity index (χ1v) is 8.68. The van der Waals surface area contributed by atoms with Crippen molar-refractivity contribution in [2.45, 2.75) is 27.2 Å². The molecule has 8 heteroatoms. The van der Waals surface area contributed by atoms with Gasteiger partial charge in [-0.1, -0.05) is 18.2 Å². The number of amides is 1. The van der Waals surface area contributed by atoms with Crippen LogP contribution in [0.5, 0.6) is 0 Å². The maximum Gasteiger partial charge on any atom is 0.310 e. The summed E-state index contributed by atoms with van der Waals surface area (Å²) in [5.74, 6) is -0.269. The Labute approximate surface area is 156 Å². The number of rotatable bonds is 6. The van der Waals surface area contributed by atoms with Crippen molar-refractivity contribution in [1.82, 2.24) is 19.6 Å². The van der Waals surface area contributed by atoms with Gasteiger partial charge >= 0.3 is 5.97 Å². The maximum atomic E-state index is 12.4. The van der Waals surface area contributed by atoms with Gasteiger partial charge in [-0.05, 0) is 32.9 Å². The van der Waals surface area contributed by atoms with Gasteiger partial charge < -0.3 is 9.64 Å². The second-order valence-electron chi connectivity index (χ2n) is 6.04. The number of aromatic nitrogens is 4. The van der Waals surface area contributed by atoms with Gasteiger partial charge in [0.1, 0.15) is 6.33 Å². The summed E-state index contributed by atoms with van der Waals surface area (Å²) in [5.41, 5.74) is 2.96. The number of benzene rings is 1. The highest BCUT2D eigenvalue weighted by molar-refractivity contribution is 5.95. The molecule has 0 saturated carbocycles. The molecule has 0 aliphatic heterocycles. The number of fused-ring (bicyclic) bond motifs is 1. The molecule has 3 rings (SSSR count). The zero-order valence-corrected chi connectivity index (χ0v) is 15.5. The van der Waals surface area contributed by atoms with Gasteiger partial charge in [0.2, 0.25) is 0 Å². The van der Waals surface area contributed by atoms with Crippen LogP contribution in [0.15, 0.2) is 36.7 Å². The largest absolute Gasteiger partial charge is 0.455 e. The third kappa shape index (κ3) is 3.94. The molecular formula is C19H21N5O3. The van der Waals surface area contributed by atoms with E-state index in [1.54, 1.807) is 9.42 Å². The van der Waals surface area contributed by atoms with Crippen molar-refractivity contribution < 1.29 is 14.3 Å². The summed E-state index contributed by atoms with van der Waals surface area (Å²) in [4.78, 5) is 34.7. The molecule has 1 amide bonds. The summed E-state index contributed by atoms with van der Waals surface area (Å²) in [6, 6.07) is 9.28. The van der Waals surface area contributed by atoms with Crippen LogP contribution >= 0.6 is 0 Å². The van der Waals surface area contributed by atoms with Crippen molar-refractivity contribution in [1.29, 1.82) is 0 Å². The van der Waals surface area contributed by atoms with Gasteiger partial charge in [-0.2, -0.15) is 10.1 Å². The van der Waals surface area contributed by atoms with Crippen LogP contribution in [0, 0.1) is 13.8 Å². The summed E-state index contributed by atoms with van der Waals surface area (Å²) in [5, 5.41) is 4.10. The summed E-state index contributed by atoms with van der Waals surface area (Å²) in [7, 11) is 0. The molecule has 1 aromatic carbocycles. The van der Waals surface area contributed by atoms with Crippen LogP contribution in [-0.2, 0) is 20.7 Å². The van der Waals surface area contributed by atoms with Crippen LogP contribution in [-0.4, -0.2) is 44.6 Å². The molecule has 0 saturated heterocycles. The number of esters is 1. The molecule has 140 valence electrons. The first-order chi connectivity index (χ1) is 13.0. The molecule has 2 aromatic heterocycles. The van der Waals surface area contributed by atoms with Crippen molar-refractivity contribution in [3.63, 3.8) is 0 Å². The van der Waals surface area contributed by atoms with E-state index in [4.69, 9.17) is 4.74 Å². The standard InChI is InChI=1S/C19H21N5O3/c1-4-23(15-8-6-5-7-9-15)17(25)11-27-18(26)10-16-13(2)22-19-20-12-21-24(19)14(16)3/h5-9,12H,4,10-11H2,1-3H3. The number of ether oxygens (including phenoxy) is 1. The molecule has 0 spiro atoms. The molecule has 0 aliphatic carbocycles. The Kier molecular flexibility index (Phi) is 5.44.